The van der Waals surface area contributed by atoms with Crippen molar-refractivity contribution in [3.8, 4) is 0 Å². The minimum absolute atomic E-state index is 0.162. The number of hydrogen-bond acceptors (Lipinski definition) is 3. The first kappa shape index (κ1) is 25.9. The largest absolute Gasteiger partial charge is 0.545 e. The highest BCUT2D eigenvalue weighted by Crippen LogP contribution is 2.44. The molecule has 2 fully saturated rings. The maximum Gasteiger partial charge on any atom is 0.216 e. The second kappa shape index (κ2) is 8.85. The third-order valence-corrected chi connectivity index (χ3v) is 12.2. The van der Waals surface area contributed by atoms with Crippen molar-refractivity contribution in [3.05, 3.63) is 87.6 Å². The summed E-state index contributed by atoms with van der Waals surface area (Å²) in [6.45, 7) is 12.5. The zero-order chi connectivity index (χ0) is 27.9. The van der Waals surface area contributed by atoms with E-state index in [1.807, 2.05) is 24.3 Å². The summed E-state index contributed by atoms with van der Waals surface area (Å²) in [5.41, 5.74) is 6.59. The zero-order valence-corrected chi connectivity index (χ0v) is 24.1. The molecule has 2 saturated heterocycles. The van der Waals surface area contributed by atoms with Crippen LogP contribution in [0, 0.1) is 0 Å². The average molecular weight is 545 g/mol. The molecule has 0 saturated carbocycles. The van der Waals surface area contributed by atoms with Gasteiger partial charge in [-0.3, -0.25) is 0 Å². The number of nitrogens with zero attached hydrogens (tertiary/aromatic N) is 2. The lowest BCUT2D eigenvalue weighted by molar-refractivity contribution is -0.599. The fourth-order valence-electron chi connectivity index (χ4n) is 6.18. The Labute approximate surface area is 229 Å². The SMILES string of the molecule is CC(C)(C)c1ccc(C(=O)[O-])c(C2=C3C=CC(=[N+]4CC(F)C4)C=C3[Si](C)(C)c3cc(N4CC(F)C4)ccc32)c1. The van der Waals surface area contributed by atoms with Gasteiger partial charge in [0.2, 0.25) is 6.17 Å². The van der Waals surface area contributed by atoms with Crippen molar-refractivity contribution in [3.63, 3.8) is 0 Å². The van der Waals surface area contributed by atoms with Crippen LogP contribution >= 0.6 is 0 Å². The molecule has 0 bridgehead atoms. The lowest BCUT2D eigenvalue weighted by Gasteiger charge is -2.41. The Bertz CT molecular complexity index is 1530. The first-order chi connectivity index (χ1) is 18.3. The van der Waals surface area contributed by atoms with Crippen molar-refractivity contribution < 1.29 is 23.3 Å². The normalized spacial score (nSPS) is 22.2. The van der Waals surface area contributed by atoms with Gasteiger partial charge in [-0.15, -0.1) is 0 Å². The predicted molar refractivity (Wildman–Crippen MR) is 153 cm³/mol. The van der Waals surface area contributed by atoms with E-state index in [4.69, 9.17) is 0 Å². The minimum atomic E-state index is -2.29. The molecule has 2 aromatic rings. The molecular formula is C32H34F2N2O2Si. The third-order valence-electron chi connectivity index (χ3n) is 8.67. The van der Waals surface area contributed by atoms with E-state index < -0.39 is 26.4 Å². The second-order valence-electron chi connectivity index (χ2n) is 12.8. The standard InChI is InChI=1S/C32H34F2N2O2Si/c1-32(2,3)19-6-9-24(31(37)38)27(12-19)30-25-10-7-22(35-15-20(33)16-35)13-28(25)39(4,5)29-14-23(8-11-26(29)30)36-17-21(34)18-36/h6-14,20-21H,15-18H2,1-5H3. The van der Waals surface area contributed by atoms with Gasteiger partial charge in [-0.05, 0) is 67.9 Å². The first-order valence-electron chi connectivity index (χ1n) is 13.7. The fourth-order valence-corrected chi connectivity index (χ4v) is 9.25. The molecule has 6 rings (SSSR count). The highest BCUT2D eigenvalue weighted by Gasteiger charge is 2.42. The van der Waals surface area contributed by atoms with Crippen molar-refractivity contribution >= 4 is 36.2 Å². The Morgan fingerprint density at radius 3 is 2.33 bits per heavy atom. The molecule has 4 nitrogen and oxygen atoms in total. The summed E-state index contributed by atoms with van der Waals surface area (Å²) in [6.07, 6.45) is 4.69. The number of anilines is 1. The molecule has 4 aliphatic rings. The van der Waals surface area contributed by atoms with Crippen LogP contribution in [0.3, 0.4) is 0 Å². The number of carbonyl (C=O) groups is 1. The summed E-state index contributed by atoms with van der Waals surface area (Å²) < 4.78 is 29.5. The van der Waals surface area contributed by atoms with Crippen molar-refractivity contribution in [2.24, 2.45) is 0 Å². The van der Waals surface area contributed by atoms with E-state index in [2.05, 4.69) is 67.6 Å². The number of alkyl halides is 2. The van der Waals surface area contributed by atoms with Gasteiger partial charge in [0.25, 0.3) is 0 Å². The number of hydrogen-bond donors (Lipinski definition) is 0. The molecule has 1 aliphatic carbocycles. The van der Waals surface area contributed by atoms with Crippen LogP contribution in [0.15, 0.2) is 65.4 Å². The molecule has 0 atom stereocenters. The number of aromatic carboxylic acids is 1. The predicted octanol–water partition coefficient (Wildman–Crippen LogP) is 4.08. The lowest BCUT2D eigenvalue weighted by Crippen LogP contribution is -2.52. The van der Waals surface area contributed by atoms with E-state index in [-0.39, 0.29) is 11.0 Å². The summed E-state index contributed by atoms with van der Waals surface area (Å²) in [5.74, 6) is -1.21. The number of carboxylic acid groups (broad SMARTS) is 1. The Hall–Kier alpha value is -3.32. The monoisotopic (exact) mass is 544 g/mol. The van der Waals surface area contributed by atoms with Crippen LogP contribution < -0.4 is 15.2 Å². The molecule has 0 radical (unpaired) electrons. The average Bonchev–Trinajstić information content (AvgIpc) is 2.84. The third kappa shape index (κ3) is 4.22. The van der Waals surface area contributed by atoms with Gasteiger partial charge in [0, 0.05) is 23.4 Å². The molecule has 0 aromatic heterocycles. The Kier molecular flexibility index (Phi) is 5.88. The van der Waals surface area contributed by atoms with Crippen LogP contribution in [0.2, 0.25) is 13.1 Å². The summed E-state index contributed by atoms with van der Waals surface area (Å²) in [5, 5.41) is 14.8. The Morgan fingerprint density at radius 1 is 1.00 bits per heavy atom. The fraction of sp³-hybridized carbons (Fsp3) is 0.375. The van der Waals surface area contributed by atoms with Gasteiger partial charge in [0.1, 0.15) is 14.2 Å². The maximum atomic E-state index is 13.7. The molecule has 0 amide bonds. The molecule has 0 unspecified atom stereocenters. The van der Waals surface area contributed by atoms with Gasteiger partial charge in [0.05, 0.1) is 19.1 Å². The maximum absolute atomic E-state index is 13.7. The summed E-state index contributed by atoms with van der Waals surface area (Å²) >= 11 is 0. The highest BCUT2D eigenvalue weighted by molar-refractivity contribution is 6.98. The summed E-state index contributed by atoms with van der Waals surface area (Å²) in [6, 6.07) is 11.9. The number of benzene rings is 2. The number of rotatable bonds is 3. The van der Waals surface area contributed by atoms with Crippen LogP contribution in [0.4, 0.5) is 14.5 Å². The van der Waals surface area contributed by atoms with Crippen LogP contribution in [0.25, 0.3) is 5.57 Å². The number of carboxylic acids is 1. The van der Waals surface area contributed by atoms with Gasteiger partial charge < -0.3 is 14.8 Å². The molecule has 3 heterocycles. The minimum Gasteiger partial charge on any atom is -0.545 e. The van der Waals surface area contributed by atoms with Crippen molar-refractivity contribution in [2.75, 3.05) is 31.1 Å². The summed E-state index contributed by atoms with van der Waals surface area (Å²) in [4.78, 5) is 14.5. The van der Waals surface area contributed by atoms with Gasteiger partial charge in [0.15, 0.2) is 18.8 Å². The molecule has 7 heteroatoms. The Balaban J connectivity index is 1.63. The van der Waals surface area contributed by atoms with Crippen LogP contribution in [0.5, 0.6) is 0 Å². The van der Waals surface area contributed by atoms with Crippen LogP contribution in [-0.4, -0.2) is 62.9 Å². The summed E-state index contributed by atoms with van der Waals surface area (Å²) in [7, 11) is -2.29. The molecule has 3 aliphatic heterocycles. The van der Waals surface area contributed by atoms with Crippen LogP contribution in [-0.2, 0) is 5.41 Å². The Morgan fingerprint density at radius 2 is 1.72 bits per heavy atom. The van der Waals surface area contributed by atoms with E-state index in [1.54, 1.807) is 6.07 Å². The van der Waals surface area contributed by atoms with Gasteiger partial charge in [-0.1, -0.05) is 52.1 Å². The van der Waals surface area contributed by atoms with Crippen molar-refractivity contribution in [1.82, 2.24) is 0 Å². The molecule has 2 aromatic carbocycles. The van der Waals surface area contributed by atoms with Gasteiger partial charge in [-0.2, -0.15) is 0 Å². The van der Waals surface area contributed by atoms with Gasteiger partial charge >= 0.3 is 0 Å². The van der Waals surface area contributed by atoms with E-state index in [1.165, 1.54) is 10.4 Å². The molecule has 0 N–H and O–H groups in total. The zero-order valence-electron chi connectivity index (χ0n) is 23.1. The molecule has 202 valence electrons. The molecular weight excluding hydrogens is 510 g/mol. The van der Waals surface area contributed by atoms with Gasteiger partial charge in [-0.25, -0.2) is 13.4 Å². The molecule has 0 spiro atoms. The van der Waals surface area contributed by atoms with Crippen molar-refractivity contribution in [2.45, 2.75) is 51.6 Å². The highest BCUT2D eigenvalue weighted by atomic mass is 28.3. The van der Waals surface area contributed by atoms with E-state index in [0.717, 1.165) is 33.7 Å². The van der Waals surface area contributed by atoms with Crippen molar-refractivity contribution in [1.29, 1.82) is 0 Å². The first-order valence-corrected chi connectivity index (χ1v) is 16.7. The smallest absolute Gasteiger partial charge is 0.216 e. The number of carbonyl (C=O) groups excluding carboxylic acids is 1. The van der Waals surface area contributed by atoms with E-state index in [9.17, 15) is 18.7 Å². The second-order valence-corrected chi connectivity index (χ2v) is 17.1. The number of fused-ring (bicyclic) bond motifs is 2. The topological polar surface area (TPSA) is 46.4 Å². The van der Waals surface area contributed by atoms with E-state index >= 15 is 0 Å². The van der Waals surface area contributed by atoms with E-state index in [0.29, 0.717) is 31.7 Å². The quantitative estimate of drug-likeness (QED) is 0.432. The number of halogens is 2. The lowest BCUT2D eigenvalue weighted by atomic mass is 9.81. The molecule has 39 heavy (non-hydrogen) atoms. The number of allylic oxidation sites excluding steroid dienone is 5. The van der Waals surface area contributed by atoms with Crippen LogP contribution in [0.1, 0.15) is 47.8 Å².